The van der Waals surface area contributed by atoms with Crippen molar-refractivity contribution >= 4 is 23.2 Å². The van der Waals surface area contributed by atoms with E-state index in [1.807, 2.05) is 31.2 Å². The molecule has 0 fully saturated rings. The van der Waals surface area contributed by atoms with Crippen LogP contribution >= 0.6 is 11.6 Å². The van der Waals surface area contributed by atoms with Crippen molar-refractivity contribution in [1.82, 2.24) is 4.90 Å². The van der Waals surface area contributed by atoms with Crippen LogP contribution in [0.25, 0.3) is 5.70 Å². The van der Waals surface area contributed by atoms with Crippen molar-refractivity contribution in [2.24, 2.45) is 0 Å². The molecule has 1 atom stereocenters. The van der Waals surface area contributed by atoms with Crippen molar-refractivity contribution < 1.29 is 9.53 Å². The van der Waals surface area contributed by atoms with Gasteiger partial charge in [-0.3, -0.25) is 4.79 Å². The van der Waals surface area contributed by atoms with Gasteiger partial charge < -0.3 is 9.64 Å². The highest BCUT2D eigenvalue weighted by Gasteiger charge is 2.29. The Hall–Kier alpha value is -1.92. The van der Waals surface area contributed by atoms with Gasteiger partial charge in [0.15, 0.2) is 0 Å². The van der Waals surface area contributed by atoms with Crippen LogP contribution in [0.1, 0.15) is 18.9 Å². The lowest BCUT2D eigenvalue weighted by atomic mass is 9.98. The van der Waals surface area contributed by atoms with Crippen LogP contribution in [-0.2, 0) is 4.79 Å². The molecule has 0 saturated heterocycles. The Kier molecular flexibility index (Phi) is 4.36. The van der Waals surface area contributed by atoms with E-state index in [0.29, 0.717) is 12.2 Å². The maximum Gasteiger partial charge on any atom is 0.245 e. The van der Waals surface area contributed by atoms with Crippen molar-refractivity contribution in [1.29, 1.82) is 0 Å². The third-order valence-corrected chi connectivity index (χ3v) is 3.61. The van der Waals surface area contributed by atoms with Gasteiger partial charge >= 0.3 is 0 Å². The number of hydrogen-bond donors (Lipinski definition) is 0. The van der Waals surface area contributed by atoms with Crippen LogP contribution < -0.4 is 4.74 Å². The number of rotatable bonds is 3. The minimum absolute atomic E-state index is 0.0695. The summed E-state index contributed by atoms with van der Waals surface area (Å²) in [5, 5.41) is -0.470. The molecular formula is C16H16ClNO2. The number of allylic oxidation sites excluding steroid dienone is 1. The maximum atomic E-state index is 12.0. The van der Waals surface area contributed by atoms with Gasteiger partial charge in [0.1, 0.15) is 17.7 Å². The predicted octanol–water partition coefficient (Wildman–Crippen LogP) is 2.90. The molecule has 1 aromatic rings. The molecule has 1 unspecified atom stereocenters. The van der Waals surface area contributed by atoms with Crippen molar-refractivity contribution in [3.05, 3.63) is 35.4 Å². The first-order valence-corrected chi connectivity index (χ1v) is 6.76. The Bertz CT molecular complexity index is 583. The second-order valence-electron chi connectivity index (χ2n) is 4.72. The fraction of sp³-hybridized carbons (Fsp3) is 0.312. The number of halogens is 1. The maximum absolute atomic E-state index is 12.0. The van der Waals surface area contributed by atoms with Gasteiger partial charge in [-0.2, -0.15) is 0 Å². The average molecular weight is 290 g/mol. The molecule has 4 heteroatoms. The van der Waals surface area contributed by atoms with Gasteiger partial charge in [-0.05, 0) is 48.7 Å². The molecular weight excluding hydrogens is 274 g/mol. The summed E-state index contributed by atoms with van der Waals surface area (Å²) in [5.74, 6) is 3.06. The molecule has 0 radical (unpaired) electrons. The Morgan fingerprint density at radius 3 is 2.70 bits per heavy atom. The summed E-state index contributed by atoms with van der Waals surface area (Å²) in [6.07, 6.45) is 5.73. The van der Waals surface area contributed by atoms with Crippen molar-refractivity contribution in [2.75, 3.05) is 13.7 Å². The summed E-state index contributed by atoms with van der Waals surface area (Å²) in [4.78, 5) is 13.6. The molecule has 1 aliphatic heterocycles. The largest absolute Gasteiger partial charge is 0.481 e. The second-order valence-corrected chi connectivity index (χ2v) is 5.24. The predicted molar refractivity (Wildman–Crippen MR) is 80.4 cm³/mol. The van der Waals surface area contributed by atoms with Crippen molar-refractivity contribution in [2.45, 2.75) is 18.7 Å². The van der Waals surface area contributed by atoms with Gasteiger partial charge in [-0.1, -0.05) is 5.92 Å². The number of nitrogens with zero attached hydrogens (tertiary/aromatic N) is 1. The summed E-state index contributed by atoms with van der Waals surface area (Å²) in [5.41, 5.74) is 2.98. The first-order valence-electron chi connectivity index (χ1n) is 6.32. The summed E-state index contributed by atoms with van der Waals surface area (Å²) in [6.45, 7) is 2.24. The van der Waals surface area contributed by atoms with E-state index in [4.69, 9.17) is 22.8 Å². The van der Waals surface area contributed by atoms with E-state index in [1.165, 1.54) is 0 Å². The molecule has 0 aromatic heterocycles. The van der Waals surface area contributed by atoms with Gasteiger partial charge in [0.25, 0.3) is 0 Å². The number of carbonyl (C=O) groups excluding carboxylic acids is 1. The van der Waals surface area contributed by atoms with Gasteiger partial charge in [0.2, 0.25) is 5.91 Å². The van der Waals surface area contributed by atoms with Gasteiger partial charge in [-0.15, -0.1) is 18.0 Å². The molecule has 3 nitrogen and oxygen atoms in total. The molecule has 0 aliphatic carbocycles. The van der Waals surface area contributed by atoms with Crippen LogP contribution in [0.5, 0.6) is 5.75 Å². The summed E-state index contributed by atoms with van der Waals surface area (Å²) in [7, 11) is 1.75. The average Bonchev–Trinajstić information content (AvgIpc) is 2.44. The minimum atomic E-state index is -0.470. The Balaban J connectivity index is 2.29. The van der Waals surface area contributed by atoms with E-state index < -0.39 is 5.38 Å². The number of hydrogen-bond acceptors (Lipinski definition) is 2. The summed E-state index contributed by atoms with van der Waals surface area (Å²) < 4.78 is 5.34. The number of alkyl halides is 1. The Morgan fingerprint density at radius 2 is 2.10 bits per heavy atom. The summed E-state index contributed by atoms with van der Waals surface area (Å²) in [6, 6.07) is 7.53. The van der Waals surface area contributed by atoms with Gasteiger partial charge in [0, 0.05) is 12.7 Å². The fourth-order valence-electron chi connectivity index (χ4n) is 2.33. The first kappa shape index (κ1) is 14.5. The van der Waals surface area contributed by atoms with Crippen LogP contribution in [0.4, 0.5) is 0 Å². The molecule has 1 heterocycles. The molecule has 1 aliphatic rings. The van der Waals surface area contributed by atoms with E-state index in [1.54, 1.807) is 11.9 Å². The smallest absolute Gasteiger partial charge is 0.245 e. The second kappa shape index (κ2) is 6.02. The highest BCUT2D eigenvalue weighted by atomic mass is 35.5. The zero-order chi connectivity index (χ0) is 14.7. The number of amides is 1. The molecule has 2 rings (SSSR count). The Morgan fingerprint density at radius 1 is 1.45 bits per heavy atom. The lowest BCUT2D eigenvalue weighted by molar-refractivity contribution is -0.127. The third-order valence-electron chi connectivity index (χ3n) is 3.27. The number of terminal acetylenes is 1. The Labute approximate surface area is 124 Å². The standard InChI is InChI=1S/C16H16ClNO2/c1-4-9-20-13-7-5-12(6-8-13)15-11(2)10-14(17)16(19)18(15)3/h1,5-8,14H,9-10H2,2-3H3. The third kappa shape index (κ3) is 2.81. The van der Waals surface area contributed by atoms with E-state index >= 15 is 0 Å². The monoisotopic (exact) mass is 289 g/mol. The van der Waals surface area contributed by atoms with E-state index in [2.05, 4.69) is 5.92 Å². The molecule has 0 N–H and O–H groups in total. The van der Waals surface area contributed by atoms with Crippen LogP contribution in [0.15, 0.2) is 29.8 Å². The van der Waals surface area contributed by atoms with Crippen LogP contribution in [0, 0.1) is 12.3 Å². The molecule has 0 spiro atoms. The minimum Gasteiger partial charge on any atom is -0.481 e. The zero-order valence-electron chi connectivity index (χ0n) is 11.5. The number of ether oxygens (including phenoxy) is 1. The highest BCUT2D eigenvalue weighted by Crippen LogP contribution is 2.32. The lowest BCUT2D eigenvalue weighted by Crippen LogP contribution is -2.37. The quantitative estimate of drug-likeness (QED) is 0.632. The van der Waals surface area contributed by atoms with Gasteiger partial charge in [0.05, 0.1) is 0 Å². The van der Waals surface area contributed by atoms with Crippen molar-refractivity contribution in [3.8, 4) is 18.1 Å². The molecule has 0 saturated carbocycles. The lowest BCUT2D eigenvalue weighted by Gasteiger charge is -2.30. The molecule has 20 heavy (non-hydrogen) atoms. The SMILES string of the molecule is C#CCOc1ccc(C2=C(C)CC(Cl)C(=O)N2C)cc1. The van der Waals surface area contributed by atoms with Crippen LogP contribution in [0.3, 0.4) is 0 Å². The summed E-state index contributed by atoms with van der Waals surface area (Å²) >= 11 is 6.03. The number of benzene rings is 1. The van der Waals surface area contributed by atoms with E-state index in [-0.39, 0.29) is 12.5 Å². The molecule has 1 aromatic carbocycles. The molecule has 1 amide bonds. The highest BCUT2D eigenvalue weighted by molar-refractivity contribution is 6.32. The van der Waals surface area contributed by atoms with Crippen LogP contribution in [-0.4, -0.2) is 29.8 Å². The molecule has 104 valence electrons. The fourth-order valence-corrected chi connectivity index (χ4v) is 2.71. The van der Waals surface area contributed by atoms with E-state index in [0.717, 1.165) is 16.8 Å². The topological polar surface area (TPSA) is 29.5 Å². The number of carbonyl (C=O) groups is 1. The van der Waals surface area contributed by atoms with Crippen LogP contribution in [0.2, 0.25) is 0 Å². The van der Waals surface area contributed by atoms with Gasteiger partial charge in [-0.25, -0.2) is 0 Å². The normalized spacial score (nSPS) is 19.0. The molecule has 0 bridgehead atoms. The van der Waals surface area contributed by atoms with Crippen molar-refractivity contribution in [3.63, 3.8) is 0 Å². The zero-order valence-corrected chi connectivity index (χ0v) is 12.3. The first-order chi connectivity index (χ1) is 9.54. The van der Waals surface area contributed by atoms with E-state index in [9.17, 15) is 4.79 Å².